The molecule has 0 amide bonds. The molecule has 0 bridgehead atoms. The van der Waals surface area contributed by atoms with Gasteiger partial charge in [0.15, 0.2) is 0 Å². The lowest BCUT2D eigenvalue weighted by Crippen LogP contribution is -2.05. The molecular weight excluding hydrogens is 272 g/mol. The van der Waals surface area contributed by atoms with E-state index in [1.807, 2.05) is 0 Å². The predicted octanol–water partition coefficient (Wildman–Crippen LogP) is 3.81. The molecule has 0 aliphatic rings. The number of carbonyl (C=O) groups is 1. The molecule has 0 aromatic heterocycles. The Hall–Kier alpha value is -0.350. The molecule has 1 aromatic carbocycles. The van der Waals surface area contributed by atoms with Crippen LogP contribution in [0.2, 0.25) is 10.0 Å². The van der Waals surface area contributed by atoms with E-state index in [9.17, 15) is 4.79 Å². The van der Waals surface area contributed by atoms with E-state index in [4.69, 9.17) is 51.9 Å². The maximum atomic E-state index is 10.7. The van der Waals surface area contributed by atoms with Gasteiger partial charge in [-0.15, -0.1) is 0 Å². The lowest BCUT2D eigenvalue weighted by Gasteiger charge is -2.12. The highest BCUT2D eigenvalue weighted by Crippen LogP contribution is 2.37. The highest BCUT2D eigenvalue weighted by atomic mass is 35.5. The molecule has 76 valence electrons. The third-order valence-electron chi connectivity index (χ3n) is 1.47. The van der Waals surface area contributed by atoms with Crippen LogP contribution < -0.4 is 3.94 Å². The van der Waals surface area contributed by atoms with E-state index < -0.39 is 5.97 Å². The Kier molecular flexibility index (Phi) is 3.72. The molecule has 1 rings (SSSR count). The summed E-state index contributed by atoms with van der Waals surface area (Å²) >= 11 is 22.2. The second-order valence-electron chi connectivity index (χ2n) is 2.30. The first-order chi connectivity index (χ1) is 6.45. The van der Waals surface area contributed by atoms with Crippen LogP contribution in [0.25, 0.3) is 0 Å². The monoisotopic (exact) mass is 273 g/mol. The van der Waals surface area contributed by atoms with Crippen LogP contribution in [0.5, 0.6) is 0 Å². The normalized spacial score (nSPS) is 10.0. The summed E-state index contributed by atoms with van der Waals surface area (Å²) in [6.45, 7) is 0. The fourth-order valence-corrected chi connectivity index (χ4v) is 1.72. The lowest BCUT2D eigenvalue weighted by molar-refractivity contribution is 0.0698. The molecule has 0 unspecified atom stereocenters. The zero-order chi connectivity index (χ0) is 10.9. The fraction of sp³-hybridized carbons (Fsp3) is 0. The van der Waals surface area contributed by atoms with Crippen LogP contribution in [0, 0.1) is 0 Å². The average molecular weight is 275 g/mol. The minimum atomic E-state index is -1.19. The Morgan fingerprint density at radius 2 is 1.86 bits per heavy atom. The summed E-state index contributed by atoms with van der Waals surface area (Å²) in [7, 11) is 0. The van der Waals surface area contributed by atoms with E-state index in [1.54, 1.807) is 0 Å². The summed E-state index contributed by atoms with van der Waals surface area (Å²) in [6.07, 6.45) is 0. The first-order valence-electron chi connectivity index (χ1n) is 3.28. The maximum absolute atomic E-state index is 10.7. The summed E-state index contributed by atoms with van der Waals surface area (Å²) < 4.78 is 0.567. The Labute approximate surface area is 99.9 Å². The van der Waals surface area contributed by atoms with Crippen LogP contribution in [0.3, 0.4) is 0 Å². The van der Waals surface area contributed by atoms with Crippen molar-refractivity contribution in [3.63, 3.8) is 0 Å². The van der Waals surface area contributed by atoms with Gasteiger partial charge >= 0.3 is 5.97 Å². The highest BCUT2D eigenvalue weighted by molar-refractivity contribution is 6.53. The van der Waals surface area contributed by atoms with Gasteiger partial charge in [-0.1, -0.05) is 23.2 Å². The van der Waals surface area contributed by atoms with Gasteiger partial charge in [0.25, 0.3) is 0 Å². The van der Waals surface area contributed by atoms with Crippen LogP contribution in [0.1, 0.15) is 10.4 Å². The third-order valence-corrected chi connectivity index (χ3v) is 2.60. The Morgan fingerprint density at radius 1 is 1.29 bits per heavy atom. The Morgan fingerprint density at radius 3 is 2.29 bits per heavy atom. The first-order valence-corrected chi connectivity index (χ1v) is 4.71. The Bertz CT molecular complexity index is 380. The van der Waals surface area contributed by atoms with E-state index >= 15 is 0 Å². The van der Waals surface area contributed by atoms with Gasteiger partial charge < -0.3 is 5.11 Å². The van der Waals surface area contributed by atoms with Crippen molar-refractivity contribution in [2.75, 3.05) is 3.94 Å². The predicted molar refractivity (Wildman–Crippen MR) is 57.6 cm³/mol. The highest BCUT2D eigenvalue weighted by Gasteiger charge is 2.19. The smallest absolute Gasteiger partial charge is 0.337 e. The molecule has 0 atom stereocenters. The number of anilines is 1. The number of carboxylic acids is 1. The molecule has 0 radical (unpaired) electrons. The summed E-state index contributed by atoms with van der Waals surface area (Å²) in [5.74, 6) is -1.19. The van der Waals surface area contributed by atoms with Crippen molar-refractivity contribution in [1.29, 1.82) is 0 Å². The van der Waals surface area contributed by atoms with Crippen molar-refractivity contribution >= 4 is 58.4 Å². The molecule has 0 fully saturated rings. The van der Waals surface area contributed by atoms with Crippen LogP contribution in [0.15, 0.2) is 12.1 Å². The van der Waals surface area contributed by atoms with Gasteiger partial charge in [0, 0.05) is 23.6 Å². The first kappa shape index (κ1) is 11.7. The summed E-state index contributed by atoms with van der Waals surface area (Å²) in [6, 6.07) is 2.62. The summed E-state index contributed by atoms with van der Waals surface area (Å²) in [4.78, 5) is 10.7. The molecule has 0 spiro atoms. The second-order valence-corrected chi connectivity index (χ2v) is 3.93. The minimum absolute atomic E-state index is 0.00318. The quantitative estimate of drug-likeness (QED) is 0.834. The second kappa shape index (κ2) is 4.45. The average Bonchev–Trinajstić information content (AvgIpc) is 2.08. The number of benzene rings is 1. The molecule has 0 aliphatic heterocycles. The van der Waals surface area contributed by atoms with Crippen LogP contribution in [-0.2, 0) is 0 Å². The van der Waals surface area contributed by atoms with E-state index in [0.29, 0.717) is 3.94 Å². The third kappa shape index (κ3) is 2.17. The van der Waals surface area contributed by atoms with Gasteiger partial charge in [-0.05, 0) is 12.1 Å². The minimum Gasteiger partial charge on any atom is -0.478 e. The zero-order valence-electron chi connectivity index (χ0n) is 6.47. The van der Waals surface area contributed by atoms with Crippen LogP contribution >= 0.6 is 46.8 Å². The number of carboxylic acid groups (broad SMARTS) is 1. The van der Waals surface area contributed by atoms with Gasteiger partial charge in [0.05, 0.1) is 15.6 Å². The van der Waals surface area contributed by atoms with E-state index in [0.717, 1.165) is 0 Å². The van der Waals surface area contributed by atoms with Gasteiger partial charge in [-0.25, -0.2) is 4.79 Å². The van der Waals surface area contributed by atoms with Crippen molar-refractivity contribution in [2.24, 2.45) is 0 Å². The SMILES string of the molecule is O=C(O)c1ccc(Cl)c(Cl)c1N(Cl)Cl. The van der Waals surface area contributed by atoms with E-state index in [1.165, 1.54) is 12.1 Å². The van der Waals surface area contributed by atoms with Crippen LogP contribution in [-0.4, -0.2) is 11.1 Å². The van der Waals surface area contributed by atoms with Gasteiger partial charge in [-0.3, -0.25) is 0 Å². The summed E-state index contributed by atoms with van der Waals surface area (Å²) in [5, 5.41) is 8.96. The molecule has 1 aromatic rings. The standard InChI is InChI=1S/C7H3Cl4NO2/c8-4-2-1-3(7(13)14)6(5(4)9)12(10)11/h1-2H,(H,13,14). The van der Waals surface area contributed by atoms with Crippen LogP contribution in [0.4, 0.5) is 5.69 Å². The Balaban J connectivity index is 3.45. The number of rotatable bonds is 2. The largest absolute Gasteiger partial charge is 0.478 e. The number of halogens is 4. The van der Waals surface area contributed by atoms with Crippen molar-refractivity contribution in [3.05, 3.63) is 27.7 Å². The molecule has 7 heteroatoms. The molecule has 0 saturated heterocycles. The van der Waals surface area contributed by atoms with Gasteiger partial charge in [0.1, 0.15) is 5.69 Å². The summed E-state index contributed by atoms with van der Waals surface area (Å²) in [5.41, 5.74) is -0.167. The van der Waals surface area contributed by atoms with Gasteiger partial charge in [0.2, 0.25) is 0 Å². The van der Waals surface area contributed by atoms with E-state index in [2.05, 4.69) is 0 Å². The molecule has 0 saturated carbocycles. The topological polar surface area (TPSA) is 40.5 Å². The molecule has 0 heterocycles. The number of hydrogen-bond acceptors (Lipinski definition) is 2. The van der Waals surface area contributed by atoms with Crippen molar-refractivity contribution in [1.82, 2.24) is 0 Å². The maximum Gasteiger partial charge on any atom is 0.337 e. The molecule has 3 nitrogen and oxygen atoms in total. The zero-order valence-corrected chi connectivity index (χ0v) is 9.49. The van der Waals surface area contributed by atoms with Crippen molar-refractivity contribution in [2.45, 2.75) is 0 Å². The molecule has 14 heavy (non-hydrogen) atoms. The lowest BCUT2D eigenvalue weighted by atomic mass is 10.2. The van der Waals surface area contributed by atoms with Gasteiger partial charge in [-0.2, -0.15) is 3.94 Å². The van der Waals surface area contributed by atoms with E-state index in [-0.39, 0.29) is 21.3 Å². The number of nitrogens with zero attached hydrogens (tertiary/aromatic N) is 1. The molecule has 0 aliphatic carbocycles. The van der Waals surface area contributed by atoms with Crippen molar-refractivity contribution < 1.29 is 9.90 Å². The van der Waals surface area contributed by atoms with Crippen molar-refractivity contribution in [3.8, 4) is 0 Å². The molecule has 1 N–H and O–H groups in total. The number of aromatic carboxylic acids is 1. The number of hydrogen-bond donors (Lipinski definition) is 1. The molecular formula is C7H3Cl4NO2. The fourth-order valence-electron chi connectivity index (χ4n) is 0.878.